The van der Waals surface area contributed by atoms with Crippen molar-refractivity contribution >= 4 is 5.97 Å². The largest absolute Gasteiger partial charge is 0.481 e. The van der Waals surface area contributed by atoms with E-state index >= 15 is 0 Å². The highest BCUT2D eigenvalue weighted by Crippen LogP contribution is 2.22. The molecule has 0 aromatic rings. The molecule has 0 saturated carbocycles. The Morgan fingerprint density at radius 3 is 2.79 bits per heavy atom. The smallest absolute Gasteiger partial charge is 0.304 e. The van der Waals surface area contributed by atoms with Crippen LogP contribution in [-0.2, 0) is 4.79 Å². The van der Waals surface area contributed by atoms with Crippen molar-refractivity contribution in [3.05, 3.63) is 0 Å². The van der Waals surface area contributed by atoms with Gasteiger partial charge >= 0.3 is 5.97 Å². The van der Waals surface area contributed by atoms with Crippen molar-refractivity contribution in [3.8, 4) is 0 Å². The van der Waals surface area contributed by atoms with Crippen LogP contribution in [0.2, 0.25) is 0 Å². The van der Waals surface area contributed by atoms with Crippen molar-refractivity contribution in [2.75, 3.05) is 32.7 Å². The third-order valence-corrected chi connectivity index (χ3v) is 4.68. The van der Waals surface area contributed by atoms with Crippen molar-refractivity contribution in [2.45, 2.75) is 51.5 Å². The van der Waals surface area contributed by atoms with E-state index in [1.165, 1.54) is 45.2 Å². The predicted octanol–water partition coefficient (Wildman–Crippen LogP) is 2.05. The Balaban J connectivity index is 1.75. The second-order valence-electron chi connectivity index (χ2n) is 6.29. The molecule has 2 saturated heterocycles. The summed E-state index contributed by atoms with van der Waals surface area (Å²) < 4.78 is 0. The van der Waals surface area contributed by atoms with Crippen LogP contribution in [0.3, 0.4) is 0 Å². The fourth-order valence-corrected chi connectivity index (χ4v) is 3.52. The van der Waals surface area contributed by atoms with Gasteiger partial charge in [0, 0.05) is 25.7 Å². The van der Waals surface area contributed by atoms with Crippen molar-refractivity contribution in [3.63, 3.8) is 0 Å². The number of carboxylic acids is 1. The molecule has 4 nitrogen and oxygen atoms in total. The van der Waals surface area contributed by atoms with Gasteiger partial charge in [-0.05, 0) is 51.6 Å². The summed E-state index contributed by atoms with van der Waals surface area (Å²) in [5, 5.41) is 8.77. The quantitative estimate of drug-likeness (QED) is 0.829. The highest BCUT2D eigenvalue weighted by molar-refractivity contribution is 5.66. The molecule has 2 aliphatic heterocycles. The van der Waals surface area contributed by atoms with Gasteiger partial charge in [-0.25, -0.2) is 0 Å². The molecule has 0 bridgehead atoms. The number of rotatable bonds is 5. The van der Waals surface area contributed by atoms with Gasteiger partial charge in [0.25, 0.3) is 0 Å². The number of piperidine rings is 2. The molecule has 4 heteroatoms. The molecule has 2 atom stereocenters. The number of hydrogen-bond donors (Lipinski definition) is 1. The molecule has 2 unspecified atom stereocenters. The summed E-state index contributed by atoms with van der Waals surface area (Å²) in [6.07, 6.45) is 6.90. The highest BCUT2D eigenvalue weighted by Gasteiger charge is 2.25. The van der Waals surface area contributed by atoms with E-state index < -0.39 is 5.97 Å². The van der Waals surface area contributed by atoms with Gasteiger partial charge in [0.1, 0.15) is 0 Å². The molecule has 0 radical (unpaired) electrons. The first-order valence-electron chi connectivity index (χ1n) is 7.83. The number of carbonyl (C=O) groups is 1. The first-order valence-corrected chi connectivity index (χ1v) is 7.83. The van der Waals surface area contributed by atoms with Gasteiger partial charge in [-0.15, -0.1) is 0 Å². The van der Waals surface area contributed by atoms with E-state index in [0.29, 0.717) is 0 Å². The van der Waals surface area contributed by atoms with Crippen molar-refractivity contribution in [1.29, 1.82) is 0 Å². The van der Waals surface area contributed by atoms with Gasteiger partial charge < -0.3 is 14.9 Å². The molecule has 110 valence electrons. The first kappa shape index (κ1) is 14.8. The minimum atomic E-state index is -0.674. The summed E-state index contributed by atoms with van der Waals surface area (Å²) in [6.45, 7) is 7.72. The maximum Gasteiger partial charge on any atom is 0.304 e. The molecule has 0 aliphatic carbocycles. The standard InChI is InChI=1S/C15H28N2O2/c1-13-5-2-3-9-17(13)12-14-6-4-8-16(11-14)10-7-15(18)19/h13-14H,2-12H2,1H3,(H,18,19). The molecular formula is C15H28N2O2. The van der Waals surface area contributed by atoms with Gasteiger partial charge in [-0.3, -0.25) is 4.79 Å². The molecule has 0 aromatic carbocycles. The third-order valence-electron chi connectivity index (χ3n) is 4.68. The molecule has 0 aromatic heterocycles. The zero-order valence-electron chi connectivity index (χ0n) is 12.2. The normalized spacial score (nSPS) is 30.4. The Kier molecular flexibility index (Phi) is 5.64. The highest BCUT2D eigenvalue weighted by atomic mass is 16.4. The Labute approximate surface area is 116 Å². The Morgan fingerprint density at radius 2 is 2.05 bits per heavy atom. The summed E-state index contributed by atoms with van der Waals surface area (Å²) in [4.78, 5) is 15.6. The molecule has 1 N–H and O–H groups in total. The molecule has 0 spiro atoms. The lowest BCUT2D eigenvalue weighted by molar-refractivity contribution is -0.137. The van der Waals surface area contributed by atoms with Gasteiger partial charge in [0.15, 0.2) is 0 Å². The van der Waals surface area contributed by atoms with Crippen molar-refractivity contribution < 1.29 is 9.90 Å². The van der Waals surface area contributed by atoms with E-state index in [-0.39, 0.29) is 6.42 Å². The fraction of sp³-hybridized carbons (Fsp3) is 0.933. The third kappa shape index (κ3) is 4.77. The number of carboxylic acid groups (broad SMARTS) is 1. The molecule has 2 heterocycles. The second-order valence-corrected chi connectivity index (χ2v) is 6.29. The Morgan fingerprint density at radius 1 is 1.21 bits per heavy atom. The summed E-state index contributed by atoms with van der Waals surface area (Å²) in [6, 6.07) is 0.739. The SMILES string of the molecule is CC1CCCCN1CC1CCCN(CCC(=O)O)C1. The van der Waals surface area contributed by atoms with Crippen molar-refractivity contribution in [1.82, 2.24) is 9.80 Å². The molecule has 19 heavy (non-hydrogen) atoms. The van der Waals surface area contributed by atoms with Gasteiger partial charge in [0.05, 0.1) is 6.42 Å². The van der Waals surface area contributed by atoms with E-state index in [9.17, 15) is 4.79 Å². The van der Waals surface area contributed by atoms with E-state index in [2.05, 4.69) is 16.7 Å². The monoisotopic (exact) mass is 268 g/mol. The predicted molar refractivity (Wildman–Crippen MR) is 76.3 cm³/mol. The number of hydrogen-bond acceptors (Lipinski definition) is 3. The van der Waals surface area contributed by atoms with Crippen LogP contribution in [0.1, 0.15) is 45.4 Å². The molecule has 2 rings (SSSR count). The first-order chi connectivity index (χ1) is 9.15. The van der Waals surface area contributed by atoms with Crippen LogP contribution in [0.5, 0.6) is 0 Å². The summed E-state index contributed by atoms with van der Waals surface area (Å²) in [7, 11) is 0. The Bertz CT molecular complexity index is 296. The van der Waals surface area contributed by atoms with Crippen molar-refractivity contribution in [2.24, 2.45) is 5.92 Å². The molecule has 2 fully saturated rings. The van der Waals surface area contributed by atoms with Crippen LogP contribution < -0.4 is 0 Å². The average Bonchev–Trinajstić information content (AvgIpc) is 2.40. The fourth-order valence-electron chi connectivity index (χ4n) is 3.52. The van der Waals surface area contributed by atoms with E-state index in [4.69, 9.17) is 5.11 Å². The van der Waals surface area contributed by atoms with Crippen LogP contribution in [0.15, 0.2) is 0 Å². The zero-order chi connectivity index (χ0) is 13.7. The van der Waals surface area contributed by atoms with Crippen LogP contribution in [-0.4, -0.2) is 59.6 Å². The minimum absolute atomic E-state index is 0.285. The second kappa shape index (κ2) is 7.25. The van der Waals surface area contributed by atoms with E-state index in [1.54, 1.807) is 0 Å². The molecule has 2 aliphatic rings. The van der Waals surface area contributed by atoms with Crippen LogP contribution in [0.4, 0.5) is 0 Å². The minimum Gasteiger partial charge on any atom is -0.481 e. The summed E-state index contributed by atoms with van der Waals surface area (Å²) in [5.74, 6) is 0.0647. The lowest BCUT2D eigenvalue weighted by Crippen LogP contribution is -2.45. The average molecular weight is 268 g/mol. The maximum atomic E-state index is 10.6. The number of nitrogens with zero attached hydrogens (tertiary/aromatic N) is 2. The lowest BCUT2D eigenvalue weighted by atomic mass is 9.94. The summed E-state index contributed by atoms with van der Waals surface area (Å²) >= 11 is 0. The van der Waals surface area contributed by atoms with Crippen LogP contribution >= 0.6 is 0 Å². The molecule has 0 amide bonds. The summed E-state index contributed by atoms with van der Waals surface area (Å²) in [5.41, 5.74) is 0. The maximum absolute atomic E-state index is 10.6. The van der Waals surface area contributed by atoms with Crippen LogP contribution in [0, 0.1) is 5.92 Å². The van der Waals surface area contributed by atoms with E-state index in [0.717, 1.165) is 31.6 Å². The van der Waals surface area contributed by atoms with Gasteiger partial charge in [0.2, 0.25) is 0 Å². The zero-order valence-corrected chi connectivity index (χ0v) is 12.2. The van der Waals surface area contributed by atoms with Crippen LogP contribution in [0.25, 0.3) is 0 Å². The lowest BCUT2D eigenvalue weighted by Gasteiger charge is -2.39. The van der Waals surface area contributed by atoms with E-state index in [1.807, 2.05) is 0 Å². The molecular weight excluding hydrogens is 240 g/mol. The van der Waals surface area contributed by atoms with Gasteiger partial charge in [-0.2, -0.15) is 0 Å². The number of likely N-dealkylation sites (tertiary alicyclic amines) is 2. The number of aliphatic carboxylic acids is 1. The van der Waals surface area contributed by atoms with Gasteiger partial charge in [-0.1, -0.05) is 6.42 Å². The topological polar surface area (TPSA) is 43.8 Å². The Hall–Kier alpha value is -0.610.